The van der Waals surface area contributed by atoms with Crippen LogP contribution in [0.4, 0.5) is 0 Å². The second-order valence-corrected chi connectivity index (χ2v) is 11.9. The number of nitrogens with zero attached hydrogens (tertiary/aromatic N) is 1. The predicted octanol–water partition coefficient (Wildman–Crippen LogP) is 4.57. The SMILES string of the molecule is COCCCOc1cc(C[C@@H](C[C@H]2CNC[C@H]2CN(C(=O)C2CCOCC2)C2CC2)C(C)C)ccc1OC. The van der Waals surface area contributed by atoms with Crippen molar-refractivity contribution in [1.82, 2.24) is 10.2 Å². The van der Waals surface area contributed by atoms with Gasteiger partial charge in [0.25, 0.3) is 0 Å². The van der Waals surface area contributed by atoms with Gasteiger partial charge in [0.1, 0.15) is 0 Å². The molecule has 2 aliphatic heterocycles. The van der Waals surface area contributed by atoms with E-state index >= 15 is 0 Å². The van der Waals surface area contributed by atoms with Crippen LogP contribution in [-0.2, 0) is 20.7 Å². The highest BCUT2D eigenvalue weighted by Gasteiger charge is 2.40. The van der Waals surface area contributed by atoms with E-state index in [1.807, 2.05) is 6.07 Å². The largest absolute Gasteiger partial charge is 0.493 e. The first-order valence-electron chi connectivity index (χ1n) is 14.9. The Hall–Kier alpha value is -1.83. The molecule has 1 aromatic rings. The van der Waals surface area contributed by atoms with Gasteiger partial charge in [0.15, 0.2) is 11.5 Å². The fraction of sp³-hybridized carbons (Fsp3) is 0.774. The van der Waals surface area contributed by atoms with Crippen molar-refractivity contribution in [3.8, 4) is 11.5 Å². The molecule has 1 amide bonds. The Morgan fingerprint density at radius 3 is 2.50 bits per heavy atom. The van der Waals surface area contributed by atoms with Gasteiger partial charge in [0.2, 0.25) is 5.91 Å². The summed E-state index contributed by atoms with van der Waals surface area (Å²) in [5.41, 5.74) is 1.29. The molecule has 2 heterocycles. The topological polar surface area (TPSA) is 69.3 Å². The van der Waals surface area contributed by atoms with Crippen molar-refractivity contribution in [2.45, 2.75) is 64.8 Å². The van der Waals surface area contributed by atoms with Crippen LogP contribution in [0, 0.1) is 29.6 Å². The second-order valence-electron chi connectivity index (χ2n) is 11.9. The van der Waals surface area contributed by atoms with Crippen LogP contribution in [0.15, 0.2) is 18.2 Å². The van der Waals surface area contributed by atoms with Crippen LogP contribution in [0.5, 0.6) is 11.5 Å². The van der Waals surface area contributed by atoms with Crippen molar-refractivity contribution in [2.75, 3.05) is 60.3 Å². The lowest BCUT2D eigenvalue weighted by Crippen LogP contribution is -2.44. The number of nitrogens with one attached hydrogen (secondary N) is 1. The van der Waals surface area contributed by atoms with Gasteiger partial charge in [0.05, 0.1) is 13.7 Å². The summed E-state index contributed by atoms with van der Waals surface area (Å²) in [6, 6.07) is 6.84. The fourth-order valence-corrected chi connectivity index (χ4v) is 6.14. The molecule has 1 N–H and O–H groups in total. The smallest absolute Gasteiger partial charge is 0.226 e. The number of methoxy groups -OCH3 is 2. The number of benzene rings is 1. The number of rotatable bonds is 15. The van der Waals surface area contributed by atoms with E-state index in [0.717, 1.165) is 70.0 Å². The van der Waals surface area contributed by atoms with E-state index in [4.69, 9.17) is 18.9 Å². The zero-order chi connectivity index (χ0) is 26.9. The monoisotopic (exact) mass is 530 g/mol. The average molecular weight is 531 g/mol. The van der Waals surface area contributed by atoms with E-state index in [1.54, 1.807) is 14.2 Å². The lowest BCUT2D eigenvalue weighted by Gasteiger charge is -2.34. The molecule has 3 aliphatic rings. The summed E-state index contributed by atoms with van der Waals surface area (Å²) in [5, 5.41) is 3.67. The minimum Gasteiger partial charge on any atom is -0.493 e. The summed E-state index contributed by atoms with van der Waals surface area (Å²) >= 11 is 0. The van der Waals surface area contributed by atoms with Crippen LogP contribution in [-0.4, -0.2) is 77.1 Å². The third-order valence-electron chi connectivity index (χ3n) is 8.78. The van der Waals surface area contributed by atoms with Gasteiger partial charge in [-0.3, -0.25) is 4.79 Å². The van der Waals surface area contributed by atoms with Gasteiger partial charge >= 0.3 is 0 Å². The summed E-state index contributed by atoms with van der Waals surface area (Å²) in [6.07, 6.45) is 7.14. The molecule has 7 heteroatoms. The first-order chi connectivity index (χ1) is 18.5. The zero-order valence-corrected chi connectivity index (χ0v) is 24.1. The van der Waals surface area contributed by atoms with Crippen LogP contribution >= 0.6 is 0 Å². The highest BCUT2D eigenvalue weighted by molar-refractivity contribution is 5.79. The van der Waals surface area contributed by atoms with Gasteiger partial charge in [-0.05, 0) is 93.0 Å². The van der Waals surface area contributed by atoms with Gasteiger partial charge in [-0.25, -0.2) is 0 Å². The minimum atomic E-state index is 0.154. The van der Waals surface area contributed by atoms with Crippen LogP contribution in [0.25, 0.3) is 0 Å². The Kier molecular flexibility index (Phi) is 11.1. The van der Waals surface area contributed by atoms with E-state index in [1.165, 1.54) is 24.8 Å². The lowest BCUT2D eigenvalue weighted by molar-refractivity contribution is -0.140. The standard InChI is InChI=1S/C31H50N2O5/c1-22(2)25(16-23-6-9-29(36-4)30(17-23)38-13-5-12-35-3)18-26-19-32-20-27(26)21-33(28-7-8-28)31(34)24-10-14-37-15-11-24/h6,9,17,22,24-28,32H,5,7-8,10-16,18-21H2,1-4H3/t25-,26-,27-/m0/s1. The number of amides is 1. The molecule has 0 spiro atoms. The number of hydrogen-bond acceptors (Lipinski definition) is 6. The maximum absolute atomic E-state index is 13.5. The first kappa shape index (κ1) is 29.2. The molecule has 3 atom stereocenters. The van der Waals surface area contributed by atoms with E-state index in [2.05, 4.69) is 36.2 Å². The maximum Gasteiger partial charge on any atom is 0.226 e. The Bertz CT molecular complexity index is 868. The normalized spacial score (nSPS) is 23.0. The van der Waals surface area contributed by atoms with E-state index < -0.39 is 0 Å². The molecule has 3 fully saturated rings. The maximum atomic E-state index is 13.5. The number of ether oxygens (including phenoxy) is 4. The highest BCUT2D eigenvalue weighted by Crippen LogP contribution is 2.36. The Morgan fingerprint density at radius 2 is 1.82 bits per heavy atom. The summed E-state index contributed by atoms with van der Waals surface area (Å²) in [6.45, 7) is 10.4. The molecule has 0 radical (unpaired) electrons. The average Bonchev–Trinajstić information content (AvgIpc) is 3.68. The Balaban J connectivity index is 1.38. The van der Waals surface area contributed by atoms with Crippen LogP contribution in [0.1, 0.15) is 57.9 Å². The molecular weight excluding hydrogens is 480 g/mol. The number of carbonyl (C=O) groups excluding carboxylic acids is 1. The van der Waals surface area contributed by atoms with Gasteiger partial charge in [-0.2, -0.15) is 0 Å². The Labute approximate surface area is 229 Å². The van der Waals surface area contributed by atoms with Gasteiger partial charge in [-0.15, -0.1) is 0 Å². The highest BCUT2D eigenvalue weighted by atomic mass is 16.5. The summed E-state index contributed by atoms with van der Waals surface area (Å²) < 4.78 is 22.3. The molecular formula is C31H50N2O5. The first-order valence-corrected chi connectivity index (χ1v) is 14.9. The van der Waals surface area contributed by atoms with Gasteiger partial charge < -0.3 is 29.2 Å². The number of hydrogen-bond donors (Lipinski definition) is 1. The summed E-state index contributed by atoms with van der Waals surface area (Å²) in [4.78, 5) is 15.7. The van der Waals surface area contributed by atoms with Crippen LogP contribution in [0.2, 0.25) is 0 Å². The van der Waals surface area contributed by atoms with Crippen molar-refractivity contribution < 1.29 is 23.7 Å². The molecule has 1 aliphatic carbocycles. The molecule has 2 saturated heterocycles. The quantitative estimate of drug-likeness (QED) is 0.335. The third-order valence-corrected chi connectivity index (χ3v) is 8.78. The molecule has 1 saturated carbocycles. The van der Waals surface area contributed by atoms with Crippen molar-refractivity contribution >= 4 is 5.91 Å². The Morgan fingerprint density at radius 1 is 1.05 bits per heavy atom. The molecule has 38 heavy (non-hydrogen) atoms. The van der Waals surface area contributed by atoms with Crippen LogP contribution in [0.3, 0.4) is 0 Å². The van der Waals surface area contributed by atoms with E-state index in [9.17, 15) is 4.79 Å². The molecule has 214 valence electrons. The second kappa shape index (κ2) is 14.5. The predicted molar refractivity (Wildman–Crippen MR) is 150 cm³/mol. The number of carbonyl (C=O) groups is 1. The summed E-state index contributed by atoms with van der Waals surface area (Å²) in [7, 11) is 3.41. The lowest BCUT2D eigenvalue weighted by atomic mass is 9.78. The molecule has 7 nitrogen and oxygen atoms in total. The van der Waals surface area contributed by atoms with Crippen molar-refractivity contribution in [2.24, 2.45) is 29.6 Å². The van der Waals surface area contributed by atoms with Gasteiger partial charge in [0, 0.05) is 51.9 Å². The zero-order valence-electron chi connectivity index (χ0n) is 24.1. The van der Waals surface area contributed by atoms with Crippen LogP contribution < -0.4 is 14.8 Å². The molecule has 4 rings (SSSR count). The molecule has 0 unspecified atom stereocenters. The van der Waals surface area contributed by atoms with Crippen molar-refractivity contribution in [3.63, 3.8) is 0 Å². The third kappa shape index (κ3) is 8.09. The van der Waals surface area contributed by atoms with Gasteiger partial charge in [-0.1, -0.05) is 19.9 Å². The van der Waals surface area contributed by atoms with Crippen molar-refractivity contribution in [3.05, 3.63) is 23.8 Å². The fourth-order valence-electron chi connectivity index (χ4n) is 6.14. The molecule has 1 aromatic carbocycles. The van der Waals surface area contributed by atoms with E-state index in [-0.39, 0.29) is 5.92 Å². The minimum absolute atomic E-state index is 0.154. The summed E-state index contributed by atoms with van der Waals surface area (Å²) in [5.74, 6) is 4.40. The van der Waals surface area contributed by atoms with E-state index in [0.29, 0.717) is 48.8 Å². The molecule has 0 bridgehead atoms. The molecule has 0 aromatic heterocycles. The van der Waals surface area contributed by atoms with Crippen molar-refractivity contribution in [1.29, 1.82) is 0 Å².